The number of nitrogens with one attached hydrogen (secondary N) is 1. The molecule has 120 valence electrons. The molecule has 8 heteroatoms. The first kappa shape index (κ1) is 15.6. The van der Waals surface area contributed by atoms with E-state index in [-0.39, 0.29) is 11.1 Å². The molecule has 0 bridgehead atoms. The Morgan fingerprint density at radius 1 is 1.43 bits per heavy atom. The van der Waals surface area contributed by atoms with Gasteiger partial charge in [-0.15, -0.1) is 11.8 Å². The lowest BCUT2D eigenvalue weighted by molar-refractivity contribution is -0.384. The number of carbonyl (C=O) groups is 1. The summed E-state index contributed by atoms with van der Waals surface area (Å²) in [7, 11) is 0. The van der Waals surface area contributed by atoms with Crippen LogP contribution in [0.2, 0.25) is 0 Å². The molecule has 1 aromatic carbocycles. The van der Waals surface area contributed by atoms with Crippen molar-refractivity contribution < 1.29 is 19.2 Å². The summed E-state index contributed by atoms with van der Waals surface area (Å²) in [6.45, 7) is 1.85. The molecule has 1 aromatic heterocycles. The summed E-state index contributed by atoms with van der Waals surface area (Å²) in [5.41, 5.74) is 1.53. The van der Waals surface area contributed by atoms with Gasteiger partial charge in [0, 0.05) is 23.4 Å². The summed E-state index contributed by atoms with van der Waals surface area (Å²) in [5, 5.41) is 22.7. The second-order valence-electron chi connectivity index (χ2n) is 5.23. The van der Waals surface area contributed by atoms with E-state index < -0.39 is 16.9 Å². The van der Waals surface area contributed by atoms with E-state index in [1.807, 2.05) is 6.92 Å². The zero-order chi connectivity index (χ0) is 16.6. The van der Waals surface area contributed by atoms with Crippen LogP contribution < -0.4 is 5.32 Å². The topological polar surface area (TPSA) is 106 Å². The summed E-state index contributed by atoms with van der Waals surface area (Å²) >= 11 is 1.46. The van der Waals surface area contributed by atoms with E-state index >= 15 is 0 Å². The zero-order valence-corrected chi connectivity index (χ0v) is 13.0. The van der Waals surface area contributed by atoms with Gasteiger partial charge in [0.1, 0.15) is 22.9 Å². The van der Waals surface area contributed by atoms with Crippen molar-refractivity contribution in [2.75, 3.05) is 5.75 Å². The second kappa shape index (κ2) is 6.05. The van der Waals surface area contributed by atoms with Crippen LogP contribution in [0.15, 0.2) is 34.7 Å². The standard InChI is InChI=1S/C15H14N2O5S/c1-8-2-3-9(17(20)21)6-10(8)12-4-5-13(22-12)14-16-11(7-23-14)15(18)19/h2-6,11,14,16H,7H2,1H3,(H,18,19)/t11-,14+/m0/s1. The molecule has 1 aliphatic heterocycles. The molecule has 2 atom stereocenters. The quantitative estimate of drug-likeness (QED) is 0.654. The number of nitro benzene ring substituents is 1. The number of benzene rings is 1. The van der Waals surface area contributed by atoms with Gasteiger partial charge in [-0.2, -0.15) is 0 Å². The van der Waals surface area contributed by atoms with E-state index in [2.05, 4.69) is 5.32 Å². The average Bonchev–Trinajstić information content (AvgIpc) is 3.16. The first-order valence-electron chi connectivity index (χ1n) is 6.91. The van der Waals surface area contributed by atoms with Crippen LogP contribution in [0.3, 0.4) is 0 Å². The number of carboxylic acids is 1. The summed E-state index contributed by atoms with van der Waals surface area (Å²) in [6, 6.07) is 7.53. The van der Waals surface area contributed by atoms with E-state index in [0.717, 1.165) is 5.56 Å². The van der Waals surface area contributed by atoms with Gasteiger partial charge < -0.3 is 9.52 Å². The summed E-state index contributed by atoms with van der Waals surface area (Å²) in [6.07, 6.45) is 0. The monoisotopic (exact) mass is 334 g/mol. The molecule has 0 radical (unpaired) electrons. The smallest absolute Gasteiger partial charge is 0.321 e. The van der Waals surface area contributed by atoms with Gasteiger partial charge in [-0.25, -0.2) is 0 Å². The number of hydrogen-bond acceptors (Lipinski definition) is 6. The first-order valence-corrected chi connectivity index (χ1v) is 7.96. The van der Waals surface area contributed by atoms with Crippen LogP contribution in [-0.4, -0.2) is 27.8 Å². The number of rotatable bonds is 4. The van der Waals surface area contributed by atoms with Crippen molar-refractivity contribution in [3.63, 3.8) is 0 Å². The molecule has 1 fully saturated rings. The highest BCUT2D eigenvalue weighted by molar-refractivity contribution is 7.99. The highest BCUT2D eigenvalue weighted by Crippen LogP contribution is 2.37. The van der Waals surface area contributed by atoms with Crippen LogP contribution in [0.25, 0.3) is 11.3 Å². The van der Waals surface area contributed by atoms with Gasteiger partial charge in [-0.3, -0.25) is 20.2 Å². The van der Waals surface area contributed by atoms with Crippen molar-refractivity contribution in [2.24, 2.45) is 0 Å². The van der Waals surface area contributed by atoms with Crippen LogP contribution in [0, 0.1) is 17.0 Å². The van der Waals surface area contributed by atoms with Gasteiger partial charge in [0.25, 0.3) is 5.69 Å². The number of non-ortho nitro benzene ring substituents is 1. The summed E-state index contributed by atoms with van der Waals surface area (Å²) in [4.78, 5) is 21.5. The third-order valence-electron chi connectivity index (χ3n) is 3.66. The van der Waals surface area contributed by atoms with Gasteiger partial charge in [-0.1, -0.05) is 6.07 Å². The molecule has 0 unspecified atom stereocenters. The summed E-state index contributed by atoms with van der Waals surface area (Å²) in [5.74, 6) is 0.717. The number of furan rings is 1. The molecular weight excluding hydrogens is 320 g/mol. The minimum atomic E-state index is -0.888. The third kappa shape index (κ3) is 3.08. The zero-order valence-electron chi connectivity index (χ0n) is 12.2. The van der Waals surface area contributed by atoms with Gasteiger partial charge in [0.2, 0.25) is 0 Å². The maximum Gasteiger partial charge on any atom is 0.321 e. The van der Waals surface area contributed by atoms with Crippen molar-refractivity contribution in [2.45, 2.75) is 18.3 Å². The molecule has 1 saturated heterocycles. The van der Waals surface area contributed by atoms with Crippen molar-refractivity contribution in [1.82, 2.24) is 5.32 Å². The lowest BCUT2D eigenvalue weighted by Gasteiger charge is -2.08. The fraction of sp³-hybridized carbons (Fsp3) is 0.267. The van der Waals surface area contributed by atoms with Crippen LogP contribution in [0.4, 0.5) is 5.69 Å². The predicted molar refractivity (Wildman–Crippen MR) is 85.3 cm³/mol. The van der Waals surface area contributed by atoms with Crippen LogP contribution in [0.5, 0.6) is 0 Å². The second-order valence-corrected chi connectivity index (χ2v) is 6.37. The number of carboxylic acid groups (broad SMARTS) is 1. The Hall–Kier alpha value is -2.32. The number of nitro groups is 1. The lowest BCUT2D eigenvalue weighted by Crippen LogP contribution is -2.33. The maximum atomic E-state index is 11.0. The molecular formula is C15H14N2O5S. The highest BCUT2D eigenvalue weighted by Gasteiger charge is 2.32. The minimum Gasteiger partial charge on any atom is -0.480 e. The highest BCUT2D eigenvalue weighted by atomic mass is 32.2. The number of thioether (sulfide) groups is 1. The van der Waals surface area contributed by atoms with E-state index in [1.54, 1.807) is 18.2 Å². The molecule has 3 rings (SSSR count). The maximum absolute atomic E-state index is 11.0. The van der Waals surface area contributed by atoms with Crippen LogP contribution in [-0.2, 0) is 4.79 Å². The largest absolute Gasteiger partial charge is 0.480 e. The third-order valence-corrected chi connectivity index (χ3v) is 4.89. The van der Waals surface area contributed by atoms with Crippen molar-refractivity contribution in [3.8, 4) is 11.3 Å². The fourth-order valence-corrected chi connectivity index (χ4v) is 3.58. The van der Waals surface area contributed by atoms with Gasteiger partial charge in [-0.05, 0) is 24.6 Å². The molecule has 2 aromatic rings. The van der Waals surface area contributed by atoms with Crippen LogP contribution >= 0.6 is 11.8 Å². The van der Waals surface area contributed by atoms with Crippen molar-refractivity contribution in [1.29, 1.82) is 0 Å². The molecule has 2 N–H and O–H groups in total. The van der Waals surface area contributed by atoms with Crippen molar-refractivity contribution in [3.05, 3.63) is 51.8 Å². The van der Waals surface area contributed by atoms with E-state index in [1.165, 1.54) is 23.9 Å². The molecule has 0 spiro atoms. The lowest BCUT2D eigenvalue weighted by atomic mass is 10.1. The molecule has 0 aliphatic carbocycles. The van der Waals surface area contributed by atoms with E-state index in [4.69, 9.17) is 9.52 Å². The Labute approximate surface area is 135 Å². The Balaban J connectivity index is 1.87. The van der Waals surface area contributed by atoms with Gasteiger partial charge in [0.15, 0.2) is 0 Å². The predicted octanol–water partition coefficient (Wildman–Crippen LogP) is 2.95. The normalized spacial score (nSPS) is 20.6. The average molecular weight is 334 g/mol. The Morgan fingerprint density at radius 3 is 2.87 bits per heavy atom. The van der Waals surface area contributed by atoms with Gasteiger partial charge >= 0.3 is 5.97 Å². The molecule has 1 aliphatic rings. The summed E-state index contributed by atoms with van der Waals surface area (Å²) < 4.78 is 5.80. The fourth-order valence-electron chi connectivity index (χ4n) is 2.41. The minimum absolute atomic E-state index is 0.00265. The molecule has 23 heavy (non-hydrogen) atoms. The first-order chi connectivity index (χ1) is 11.0. The molecule has 2 heterocycles. The number of nitrogens with zero attached hydrogens (tertiary/aromatic N) is 1. The van der Waals surface area contributed by atoms with Gasteiger partial charge in [0.05, 0.1) is 4.92 Å². The SMILES string of the molecule is Cc1ccc([N+](=O)[O-])cc1-c1ccc([C@@H]2N[C@H](C(=O)O)CS2)o1. The number of aliphatic carboxylic acids is 1. The van der Waals surface area contributed by atoms with Crippen molar-refractivity contribution >= 4 is 23.4 Å². The van der Waals surface area contributed by atoms with E-state index in [0.29, 0.717) is 22.8 Å². The van der Waals surface area contributed by atoms with Crippen LogP contribution in [0.1, 0.15) is 16.7 Å². The molecule has 0 amide bonds. The Bertz CT molecular complexity index is 773. The molecule has 0 saturated carbocycles. The number of aryl methyl sites for hydroxylation is 1. The van der Waals surface area contributed by atoms with E-state index in [9.17, 15) is 14.9 Å². The number of hydrogen-bond donors (Lipinski definition) is 2. The Morgan fingerprint density at radius 2 is 2.22 bits per heavy atom. The molecule has 7 nitrogen and oxygen atoms in total. The Kier molecular flexibility index (Phi) is 4.10.